The minimum Gasteiger partial charge on any atom is -0.497 e. The van der Waals surface area contributed by atoms with Crippen LogP contribution in [-0.4, -0.2) is 7.11 Å². The molecule has 106 valence electrons. The Hall–Kier alpha value is -1.03. The molecule has 0 amide bonds. The third-order valence-electron chi connectivity index (χ3n) is 3.23. The van der Waals surface area contributed by atoms with Gasteiger partial charge in [0.25, 0.3) is 0 Å². The molecule has 0 aliphatic carbocycles. The number of methoxy groups -OCH3 is 1. The Morgan fingerprint density at radius 2 is 1.90 bits per heavy atom. The summed E-state index contributed by atoms with van der Waals surface area (Å²) in [6.07, 6.45) is 0. The second-order valence-corrected chi connectivity index (χ2v) is 5.93. The predicted molar refractivity (Wildman–Crippen MR) is 87.4 cm³/mol. The lowest BCUT2D eigenvalue weighted by atomic mass is 10.1. The van der Waals surface area contributed by atoms with Gasteiger partial charge in [0.15, 0.2) is 0 Å². The summed E-state index contributed by atoms with van der Waals surface area (Å²) >= 11 is 9.62. The van der Waals surface area contributed by atoms with Crippen LogP contribution in [0.15, 0.2) is 46.9 Å². The highest BCUT2D eigenvalue weighted by Gasteiger charge is 2.07. The Labute approximate surface area is 133 Å². The van der Waals surface area contributed by atoms with Crippen molar-refractivity contribution in [3.63, 3.8) is 0 Å². The lowest BCUT2D eigenvalue weighted by Gasteiger charge is -2.15. The summed E-state index contributed by atoms with van der Waals surface area (Å²) in [5.74, 6) is 0.872. The zero-order chi connectivity index (χ0) is 14.5. The second-order valence-electron chi connectivity index (χ2n) is 4.61. The molecule has 0 aromatic heterocycles. The SMILES string of the molecule is COc1ccc(C(C)NCc2ccc(Br)cc2Cl)cc1. The predicted octanol–water partition coefficient (Wildman–Crippen LogP) is 4.96. The first-order valence-electron chi connectivity index (χ1n) is 6.41. The summed E-state index contributed by atoms with van der Waals surface area (Å²) in [4.78, 5) is 0. The van der Waals surface area contributed by atoms with Crippen molar-refractivity contribution in [2.45, 2.75) is 19.5 Å². The van der Waals surface area contributed by atoms with Gasteiger partial charge in [-0.2, -0.15) is 0 Å². The van der Waals surface area contributed by atoms with Crippen LogP contribution >= 0.6 is 27.5 Å². The zero-order valence-electron chi connectivity index (χ0n) is 11.5. The number of halogens is 2. The third kappa shape index (κ3) is 3.98. The van der Waals surface area contributed by atoms with Crippen LogP contribution in [0.1, 0.15) is 24.1 Å². The fourth-order valence-corrected chi connectivity index (χ4v) is 2.68. The monoisotopic (exact) mass is 353 g/mol. The van der Waals surface area contributed by atoms with Crippen LogP contribution in [-0.2, 0) is 6.54 Å². The highest BCUT2D eigenvalue weighted by molar-refractivity contribution is 9.10. The van der Waals surface area contributed by atoms with E-state index >= 15 is 0 Å². The molecule has 0 fully saturated rings. The molecule has 2 rings (SSSR count). The van der Waals surface area contributed by atoms with Gasteiger partial charge in [-0.1, -0.05) is 45.7 Å². The van der Waals surface area contributed by atoms with E-state index in [1.165, 1.54) is 5.56 Å². The van der Waals surface area contributed by atoms with Crippen LogP contribution in [0, 0.1) is 0 Å². The number of benzene rings is 2. The Kier molecular flexibility index (Phi) is 5.46. The molecule has 20 heavy (non-hydrogen) atoms. The van der Waals surface area contributed by atoms with Crippen molar-refractivity contribution in [1.82, 2.24) is 5.32 Å². The van der Waals surface area contributed by atoms with Gasteiger partial charge >= 0.3 is 0 Å². The van der Waals surface area contributed by atoms with E-state index in [4.69, 9.17) is 16.3 Å². The van der Waals surface area contributed by atoms with Crippen molar-refractivity contribution in [3.05, 3.63) is 63.1 Å². The van der Waals surface area contributed by atoms with Crippen LogP contribution in [0.4, 0.5) is 0 Å². The van der Waals surface area contributed by atoms with E-state index in [0.29, 0.717) is 0 Å². The summed E-state index contributed by atoms with van der Waals surface area (Å²) in [7, 11) is 1.67. The summed E-state index contributed by atoms with van der Waals surface area (Å²) in [6, 6.07) is 14.3. The van der Waals surface area contributed by atoms with Crippen molar-refractivity contribution in [3.8, 4) is 5.75 Å². The lowest BCUT2D eigenvalue weighted by molar-refractivity contribution is 0.414. The average molecular weight is 355 g/mol. The fourth-order valence-electron chi connectivity index (χ4n) is 1.94. The topological polar surface area (TPSA) is 21.3 Å². The van der Waals surface area contributed by atoms with Gasteiger partial charge in [0.2, 0.25) is 0 Å². The maximum absolute atomic E-state index is 6.21. The van der Waals surface area contributed by atoms with Crippen LogP contribution in [0.3, 0.4) is 0 Å². The molecule has 0 radical (unpaired) electrons. The first-order chi connectivity index (χ1) is 9.60. The zero-order valence-corrected chi connectivity index (χ0v) is 13.8. The summed E-state index contributed by atoms with van der Waals surface area (Å²) < 4.78 is 6.16. The first kappa shape index (κ1) is 15.4. The highest BCUT2D eigenvalue weighted by atomic mass is 79.9. The molecule has 1 atom stereocenters. The molecule has 0 bridgehead atoms. The Bertz CT molecular complexity index is 571. The van der Waals surface area contributed by atoms with E-state index < -0.39 is 0 Å². The molecular weight excluding hydrogens is 338 g/mol. The van der Waals surface area contributed by atoms with Crippen molar-refractivity contribution < 1.29 is 4.74 Å². The molecule has 0 saturated heterocycles. The number of hydrogen-bond acceptors (Lipinski definition) is 2. The number of ether oxygens (including phenoxy) is 1. The van der Waals surface area contributed by atoms with Crippen molar-refractivity contribution in [1.29, 1.82) is 0 Å². The van der Waals surface area contributed by atoms with Gasteiger partial charge < -0.3 is 10.1 Å². The van der Waals surface area contributed by atoms with Gasteiger partial charge in [0, 0.05) is 22.1 Å². The maximum atomic E-state index is 6.21. The largest absolute Gasteiger partial charge is 0.497 e. The van der Waals surface area contributed by atoms with Crippen molar-refractivity contribution in [2.24, 2.45) is 0 Å². The second kappa shape index (κ2) is 7.11. The first-order valence-corrected chi connectivity index (χ1v) is 7.58. The standard InChI is InChI=1S/C16H17BrClNO/c1-11(12-4-7-15(20-2)8-5-12)19-10-13-3-6-14(17)9-16(13)18/h3-9,11,19H,10H2,1-2H3. The molecular formula is C16H17BrClNO. The smallest absolute Gasteiger partial charge is 0.118 e. The molecule has 2 aromatic carbocycles. The molecule has 0 saturated carbocycles. The maximum Gasteiger partial charge on any atom is 0.118 e. The quantitative estimate of drug-likeness (QED) is 0.819. The fraction of sp³-hybridized carbons (Fsp3) is 0.250. The molecule has 0 aliphatic heterocycles. The Morgan fingerprint density at radius 1 is 1.20 bits per heavy atom. The molecule has 0 aliphatic rings. The molecule has 1 unspecified atom stereocenters. The molecule has 1 N–H and O–H groups in total. The van der Waals surface area contributed by atoms with Crippen molar-refractivity contribution in [2.75, 3.05) is 7.11 Å². The van der Waals surface area contributed by atoms with Gasteiger partial charge in [-0.05, 0) is 42.3 Å². The Balaban J connectivity index is 1.98. The van der Waals surface area contributed by atoms with E-state index in [1.54, 1.807) is 7.11 Å². The highest BCUT2D eigenvalue weighted by Crippen LogP contribution is 2.22. The summed E-state index contributed by atoms with van der Waals surface area (Å²) in [6.45, 7) is 2.87. The number of rotatable bonds is 5. The minimum absolute atomic E-state index is 0.251. The van der Waals surface area contributed by atoms with E-state index in [-0.39, 0.29) is 6.04 Å². The van der Waals surface area contributed by atoms with Gasteiger partial charge in [-0.25, -0.2) is 0 Å². The van der Waals surface area contributed by atoms with Crippen LogP contribution in [0.2, 0.25) is 5.02 Å². The van der Waals surface area contributed by atoms with Gasteiger partial charge in [0.05, 0.1) is 7.11 Å². The van der Waals surface area contributed by atoms with Gasteiger partial charge in [-0.15, -0.1) is 0 Å². The van der Waals surface area contributed by atoms with E-state index in [2.05, 4.69) is 40.3 Å². The number of nitrogens with one attached hydrogen (secondary N) is 1. The summed E-state index contributed by atoms with van der Waals surface area (Å²) in [5.41, 5.74) is 2.31. The molecule has 2 aromatic rings. The van der Waals surface area contributed by atoms with Gasteiger partial charge in [0.1, 0.15) is 5.75 Å². The number of hydrogen-bond donors (Lipinski definition) is 1. The van der Waals surface area contributed by atoms with Crippen LogP contribution in [0.5, 0.6) is 5.75 Å². The molecule has 2 nitrogen and oxygen atoms in total. The van der Waals surface area contributed by atoms with Crippen LogP contribution < -0.4 is 10.1 Å². The van der Waals surface area contributed by atoms with Crippen LogP contribution in [0.25, 0.3) is 0 Å². The third-order valence-corrected chi connectivity index (χ3v) is 4.07. The van der Waals surface area contributed by atoms with Gasteiger partial charge in [-0.3, -0.25) is 0 Å². The minimum atomic E-state index is 0.251. The average Bonchev–Trinajstić information content (AvgIpc) is 2.46. The molecule has 4 heteroatoms. The van der Waals surface area contributed by atoms with E-state index in [9.17, 15) is 0 Å². The normalized spacial score (nSPS) is 12.2. The van der Waals surface area contributed by atoms with E-state index in [1.807, 2.05) is 30.3 Å². The molecule has 0 spiro atoms. The molecule has 0 heterocycles. The summed E-state index contributed by atoms with van der Waals surface area (Å²) in [5, 5.41) is 4.24. The lowest BCUT2D eigenvalue weighted by Crippen LogP contribution is -2.18. The van der Waals surface area contributed by atoms with E-state index in [0.717, 1.165) is 27.4 Å². The Morgan fingerprint density at radius 3 is 2.50 bits per heavy atom. The van der Waals surface area contributed by atoms with Crippen molar-refractivity contribution >= 4 is 27.5 Å².